The van der Waals surface area contributed by atoms with Crippen LogP contribution >= 0.6 is 0 Å². The van der Waals surface area contributed by atoms with Crippen LogP contribution in [0.2, 0.25) is 0 Å². The first kappa shape index (κ1) is 17.9. The molecule has 134 valence electrons. The number of ether oxygens (including phenoxy) is 2. The molecule has 1 fully saturated rings. The van der Waals surface area contributed by atoms with Crippen molar-refractivity contribution in [2.75, 3.05) is 19.7 Å². The number of hydrogen-bond donors (Lipinski definition) is 1. The van der Waals surface area contributed by atoms with Gasteiger partial charge in [0.05, 0.1) is 12.7 Å². The van der Waals surface area contributed by atoms with Crippen molar-refractivity contribution in [3.63, 3.8) is 0 Å². The fourth-order valence-corrected chi connectivity index (χ4v) is 3.33. The first-order valence-corrected chi connectivity index (χ1v) is 8.98. The molecule has 0 amide bonds. The average Bonchev–Trinajstić information content (AvgIpc) is 2.60. The van der Waals surface area contributed by atoms with Crippen LogP contribution in [0.5, 0.6) is 11.5 Å². The fraction of sp³-hybridized carbons (Fsp3) is 0.429. The van der Waals surface area contributed by atoms with Crippen molar-refractivity contribution in [2.45, 2.75) is 39.2 Å². The summed E-state index contributed by atoms with van der Waals surface area (Å²) < 4.78 is 25.6. The van der Waals surface area contributed by atoms with Gasteiger partial charge in [-0.3, -0.25) is 0 Å². The zero-order valence-corrected chi connectivity index (χ0v) is 15.0. The van der Waals surface area contributed by atoms with Gasteiger partial charge in [-0.2, -0.15) is 0 Å². The molecule has 0 spiro atoms. The van der Waals surface area contributed by atoms with E-state index in [1.54, 1.807) is 18.2 Å². The molecule has 1 unspecified atom stereocenters. The van der Waals surface area contributed by atoms with E-state index in [1.165, 1.54) is 11.6 Å². The van der Waals surface area contributed by atoms with E-state index < -0.39 is 0 Å². The zero-order chi connectivity index (χ0) is 17.6. The van der Waals surface area contributed by atoms with E-state index in [0.29, 0.717) is 0 Å². The van der Waals surface area contributed by atoms with Gasteiger partial charge in [-0.15, -0.1) is 0 Å². The molecule has 1 atom stereocenters. The van der Waals surface area contributed by atoms with Crippen LogP contribution in [0, 0.1) is 19.7 Å². The molecule has 0 aromatic heterocycles. The molecule has 0 saturated carbocycles. The van der Waals surface area contributed by atoms with Crippen LogP contribution < -0.4 is 10.1 Å². The lowest BCUT2D eigenvalue weighted by Gasteiger charge is -2.23. The van der Waals surface area contributed by atoms with Crippen molar-refractivity contribution >= 4 is 0 Å². The second-order valence-corrected chi connectivity index (χ2v) is 6.68. The Kier molecular flexibility index (Phi) is 6.05. The monoisotopic (exact) mass is 343 g/mol. The molecule has 1 saturated heterocycles. The average molecular weight is 343 g/mol. The van der Waals surface area contributed by atoms with Crippen molar-refractivity contribution in [3.05, 3.63) is 58.9 Å². The van der Waals surface area contributed by atoms with Gasteiger partial charge in [-0.1, -0.05) is 18.2 Å². The standard InChI is InChI=1S/C21H26FNO2/c1-15-12-16(2)18(7-5-6-17-14-23-10-11-24-17)21(13-15)25-20-9-4-3-8-19(20)22/h3-4,8-9,12-13,17,23H,5-7,10-11,14H2,1-2H3. The molecule has 4 heteroatoms. The van der Waals surface area contributed by atoms with E-state index >= 15 is 0 Å². The van der Waals surface area contributed by atoms with Crippen molar-refractivity contribution in [1.29, 1.82) is 0 Å². The predicted molar refractivity (Wildman–Crippen MR) is 97.9 cm³/mol. The molecule has 1 aliphatic rings. The third-order valence-electron chi connectivity index (χ3n) is 4.59. The van der Waals surface area contributed by atoms with E-state index in [9.17, 15) is 4.39 Å². The number of halogens is 1. The summed E-state index contributed by atoms with van der Waals surface area (Å²) in [5.74, 6) is 0.688. The number of aryl methyl sites for hydroxylation is 2. The molecule has 2 aromatic rings. The highest BCUT2D eigenvalue weighted by Crippen LogP contribution is 2.31. The Morgan fingerprint density at radius 1 is 1.20 bits per heavy atom. The summed E-state index contributed by atoms with van der Waals surface area (Å²) in [4.78, 5) is 0. The first-order valence-electron chi connectivity index (χ1n) is 8.98. The minimum absolute atomic E-state index is 0.272. The second kappa shape index (κ2) is 8.45. The van der Waals surface area contributed by atoms with Crippen LogP contribution in [0.4, 0.5) is 4.39 Å². The Balaban J connectivity index is 1.72. The lowest BCUT2D eigenvalue weighted by Crippen LogP contribution is -2.38. The van der Waals surface area contributed by atoms with Crippen molar-refractivity contribution in [1.82, 2.24) is 5.32 Å². The van der Waals surface area contributed by atoms with Crippen LogP contribution in [0.3, 0.4) is 0 Å². The van der Waals surface area contributed by atoms with E-state index in [4.69, 9.17) is 9.47 Å². The molecule has 3 nitrogen and oxygen atoms in total. The maximum atomic E-state index is 14.0. The van der Waals surface area contributed by atoms with E-state index in [-0.39, 0.29) is 17.7 Å². The SMILES string of the molecule is Cc1cc(C)c(CCCC2CNCCO2)c(Oc2ccccc2F)c1. The van der Waals surface area contributed by atoms with Gasteiger partial charge < -0.3 is 14.8 Å². The maximum Gasteiger partial charge on any atom is 0.165 e. The van der Waals surface area contributed by atoms with Gasteiger partial charge in [0.15, 0.2) is 11.6 Å². The van der Waals surface area contributed by atoms with Gasteiger partial charge in [-0.25, -0.2) is 4.39 Å². The van der Waals surface area contributed by atoms with Crippen LogP contribution in [0.1, 0.15) is 29.5 Å². The van der Waals surface area contributed by atoms with Gasteiger partial charge in [0.25, 0.3) is 0 Å². The highest BCUT2D eigenvalue weighted by molar-refractivity contribution is 5.45. The first-order chi connectivity index (χ1) is 12.1. The number of nitrogens with one attached hydrogen (secondary N) is 1. The predicted octanol–water partition coefficient (Wildman–Crippen LogP) is 4.55. The van der Waals surface area contributed by atoms with Gasteiger partial charge in [0.1, 0.15) is 5.75 Å². The summed E-state index contributed by atoms with van der Waals surface area (Å²) >= 11 is 0. The zero-order valence-electron chi connectivity index (χ0n) is 15.0. The topological polar surface area (TPSA) is 30.5 Å². The molecular weight excluding hydrogens is 317 g/mol. The number of hydrogen-bond acceptors (Lipinski definition) is 3. The number of para-hydroxylation sites is 1. The second-order valence-electron chi connectivity index (χ2n) is 6.68. The van der Waals surface area contributed by atoms with E-state index in [0.717, 1.165) is 55.8 Å². The number of morpholine rings is 1. The van der Waals surface area contributed by atoms with Crippen molar-refractivity contribution in [3.8, 4) is 11.5 Å². The van der Waals surface area contributed by atoms with E-state index in [2.05, 4.69) is 18.3 Å². The summed E-state index contributed by atoms with van der Waals surface area (Å²) in [5, 5.41) is 3.36. The molecule has 2 aromatic carbocycles. The molecule has 0 aliphatic carbocycles. The Morgan fingerprint density at radius 2 is 2.04 bits per heavy atom. The van der Waals surface area contributed by atoms with Crippen LogP contribution in [0.25, 0.3) is 0 Å². The third-order valence-corrected chi connectivity index (χ3v) is 4.59. The van der Waals surface area contributed by atoms with Crippen LogP contribution in [-0.2, 0) is 11.2 Å². The van der Waals surface area contributed by atoms with Gasteiger partial charge in [0.2, 0.25) is 0 Å². The quantitative estimate of drug-likeness (QED) is 0.835. The summed E-state index contributed by atoms with van der Waals surface area (Å²) in [5.41, 5.74) is 3.46. The molecule has 1 N–H and O–H groups in total. The largest absolute Gasteiger partial charge is 0.454 e. The smallest absolute Gasteiger partial charge is 0.165 e. The summed E-state index contributed by atoms with van der Waals surface area (Å²) in [6, 6.07) is 10.7. The number of benzene rings is 2. The molecule has 1 aliphatic heterocycles. The van der Waals surface area contributed by atoms with Crippen LogP contribution in [-0.4, -0.2) is 25.8 Å². The Morgan fingerprint density at radius 3 is 2.80 bits per heavy atom. The highest BCUT2D eigenvalue weighted by Gasteiger charge is 2.15. The molecule has 25 heavy (non-hydrogen) atoms. The summed E-state index contributed by atoms with van der Waals surface area (Å²) in [6.07, 6.45) is 3.22. The summed E-state index contributed by atoms with van der Waals surface area (Å²) in [6.45, 7) is 6.78. The molecule has 0 radical (unpaired) electrons. The fourth-order valence-electron chi connectivity index (χ4n) is 3.33. The van der Waals surface area contributed by atoms with Crippen molar-refractivity contribution in [2.24, 2.45) is 0 Å². The number of rotatable bonds is 6. The van der Waals surface area contributed by atoms with Gasteiger partial charge >= 0.3 is 0 Å². The molecule has 3 rings (SSSR count). The minimum Gasteiger partial charge on any atom is -0.454 e. The lowest BCUT2D eigenvalue weighted by molar-refractivity contribution is 0.0225. The van der Waals surface area contributed by atoms with E-state index in [1.807, 2.05) is 13.0 Å². The summed E-state index contributed by atoms with van der Waals surface area (Å²) in [7, 11) is 0. The lowest BCUT2D eigenvalue weighted by atomic mass is 9.98. The molecule has 0 bridgehead atoms. The Labute approximate surface area is 149 Å². The Hall–Kier alpha value is -1.91. The maximum absolute atomic E-state index is 14.0. The third kappa shape index (κ3) is 4.80. The van der Waals surface area contributed by atoms with Crippen molar-refractivity contribution < 1.29 is 13.9 Å². The van der Waals surface area contributed by atoms with Gasteiger partial charge in [0, 0.05) is 13.1 Å². The normalized spacial score (nSPS) is 17.5. The highest BCUT2D eigenvalue weighted by atomic mass is 19.1. The molecule has 1 heterocycles. The molecular formula is C21H26FNO2. The minimum atomic E-state index is -0.339. The van der Waals surface area contributed by atoms with Gasteiger partial charge in [-0.05, 0) is 68.0 Å². The Bertz CT molecular complexity index is 711. The van der Waals surface area contributed by atoms with Crippen LogP contribution in [0.15, 0.2) is 36.4 Å².